The number of carbonyl (C=O) groups is 1. The Morgan fingerprint density at radius 2 is 1.90 bits per heavy atom. The van der Waals surface area contributed by atoms with Crippen LogP contribution in [0, 0.1) is 0 Å². The van der Waals surface area contributed by atoms with E-state index in [1.54, 1.807) is 4.90 Å². The topological polar surface area (TPSA) is 51.2 Å². The zero-order chi connectivity index (χ0) is 15.1. The number of rotatable bonds is 1. The van der Waals surface area contributed by atoms with Crippen LogP contribution in [0.4, 0.5) is 4.79 Å². The maximum Gasteiger partial charge on any atom is 0.410 e. The molecule has 0 radical (unpaired) electrons. The fraction of sp³-hybridized carbons (Fsp3) is 0.933. The van der Waals surface area contributed by atoms with Gasteiger partial charge in [-0.3, -0.25) is 4.90 Å². The molecule has 3 saturated heterocycles. The molecule has 1 amide bonds. The molecule has 1 spiro atoms. The Hall–Kier alpha value is -0.850. The Bertz CT molecular complexity index is 395. The van der Waals surface area contributed by atoms with Crippen LogP contribution in [-0.4, -0.2) is 79.1 Å². The number of ether oxygens (including phenoxy) is 3. The highest BCUT2D eigenvalue weighted by molar-refractivity contribution is 5.69. The maximum atomic E-state index is 12.0. The minimum atomic E-state index is -0.438. The quantitative estimate of drug-likeness (QED) is 0.725. The van der Waals surface area contributed by atoms with Gasteiger partial charge in [0.2, 0.25) is 0 Å². The molecule has 3 aliphatic heterocycles. The normalized spacial score (nSPS) is 29.5. The van der Waals surface area contributed by atoms with Crippen molar-refractivity contribution in [2.75, 3.05) is 46.0 Å². The molecular formula is C15H26N2O4. The second-order valence-electron chi connectivity index (χ2n) is 7.34. The third kappa shape index (κ3) is 3.33. The number of nitrogens with zero attached hydrogens (tertiary/aromatic N) is 2. The molecule has 1 atom stereocenters. The smallest absolute Gasteiger partial charge is 0.410 e. The van der Waals surface area contributed by atoms with E-state index < -0.39 is 5.60 Å². The van der Waals surface area contributed by atoms with Gasteiger partial charge in [0, 0.05) is 19.1 Å². The fourth-order valence-corrected chi connectivity index (χ4v) is 3.32. The molecular weight excluding hydrogens is 272 g/mol. The van der Waals surface area contributed by atoms with Crippen LogP contribution in [0.15, 0.2) is 0 Å². The van der Waals surface area contributed by atoms with Crippen LogP contribution >= 0.6 is 0 Å². The number of amides is 1. The van der Waals surface area contributed by atoms with Crippen LogP contribution in [0.1, 0.15) is 27.2 Å². The van der Waals surface area contributed by atoms with Gasteiger partial charge in [-0.05, 0) is 27.2 Å². The van der Waals surface area contributed by atoms with Gasteiger partial charge in [0.15, 0.2) is 0 Å². The first-order chi connectivity index (χ1) is 9.87. The highest BCUT2D eigenvalue weighted by atomic mass is 16.6. The van der Waals surface area contributed by atoms with Crippen molar-refractivity contribution in [1.29, 1.82) is 0 Å². The van der Waals surface area contributed by atoms with E-state index in [9.17, 15) is 4.79 Å². The van der Waals surface area contributed by atoms with Crippen molar-refractivity contribution in [3.63, 3.8) is 0 Å². The van der Waals surface area contributed by atoms with Crippen LogP contribution in [0.5, 0.6) is 0 Å². The zero-order valence-corrected chi connectivity index (χ0v) is 13.3. The van der Waals surface area contributed by atoms with Crippen LogP contribution in [0.3, 0.4) is 0 Å². The van der Waals surface area contributed by atoms with E-state index in [-0.39, 0.29) is 11.7 Å². The van der Waals surface area contributed by atoms with E-state index in [2.05, 4.69) is 4.90 Å². The standard InChI is InChI=1S/C15H26N2O4/c1-14(2,3)21-13(18)17-10-15(11-17)8-12(9-20-15)16-4-6-19-7-5-16/h12H,4-11H2,1-3H3/t12-/m0/s1. The molecule has 0 aromatic heterocycles. The minimum Gasteiger partial charge on any atom is -0.444 e. The fourth-order valence-electron chi connectivity index (χ4n) is 3.32. The molecule has 3 fully saturated rings. The highest BCUT2D eigenvalue weighted by Crippen LogP contribution is 2.37. The zero-order valence-electron chi connectivity index (χ0n) is 13.3. The predicted molar refractivity (Wildman–Crippen MR) is 77.3 cm³/mol. The molecule has 3 aliphatic rings. The minimum absolute atomic E-state index is 0.139. The summed E-state index contributed by atoms with van der Waals surface area (Å²) in [5, 5.41) is 0. The van der Waals surface area contributed by atoms with Gasteiger partial charge in [0.25, 0.3) is 0 Å². The van der Waals surface area contributed by atoms with Gasteiger partial charge in [0.05, 0.1) is 32.9 Å². The van der Waals surface area contributed by atoms with Gasteiger partial charge in [-0.15, -0.1) is 0 Å². The molecule has 0 bridgehead atoms. The largest absolute Gasteiger partial charge is 0.444 e. The van der Waals surface area contributed by atoms with Crippen molar-refractivity contribution in [3.8, 4) is 0 Å². The Morgan fingerprint density at radius 1 is 1.24 bits per heavy atom. The van der Waals surface area contributed by atoms with Gasteiger partial charge in [0.1, 0.15) is 11.2 Å². The second kappa shape index (κ2) is 5.41. The lowest BCUT2D eigenvalue weighted by atomic mass is 9.89. The third-order valence-electron chi connectivity index (χ3n) is 4.36. The Balaban J connectivity index is 1.48. The summed E-state index contributed by atoms with van der Waals surface area (Å²) in [6.07, 6.45) is 0.776. The Kier molecular flexibility index (Phi) is 3.88. The van der Waals surface area contributed by atoms with Crippen LogP contribution in [-0.2, 0) is 14.2 Å². The van der Waals surface area contributed by atoms with Crippen molar-refractivity contribution >= 4 is 6.09 Å². The summed E-state index contributed by atoms with van der Waals surface area (Å²) in [4.78, 5) is 16.2. The molecule has 0 aromatic rings. The molecule has 6 heteroatoms. The highest BCUT2D eigenvalue weighted by Gasteiger charge is 2.53. The molecule has 3 heterocycles. The van der Waals surface area contributed by atoms with Gasteiger partial charge in [-0.2, -0.15) is 0 Å². The van der Waals surface area contributed by atoms with E-state index >= 15 is 0 Å². The summed E-state index contributed by atoms with van der Waals surface area (Å²) >= 11 is 0. The van der Waals surface area contributed by atoms with Crippen molar-refractivity contribution in [1.82, 2.24) is 9.80 Å². The average Bonchev–Trinajstić information content (AvgIpc) is 2.81. The first kappa shape index (κ1) is 15.1. The van der Waals surface area contributed by atoms with E-state index in [1.165, 1.54) is 0 Å². The van der Waals surface area contributed by atoms with E-state index in [4.69, 9.17) is 14.2 Å². The molecule has 6 nitrogen and oxygen atoms in total. The Labute approximate surface area is 126 Å². The first-order valence-electron chi connectivity index (χ1n) is 7.81. The maximum absolute atomic E-state index is 12.0. The summed E-state index contributed by atoms with van der Waals surface area (Å²) in [6.45, 7) is 11.3. The average molecular weight is 298 g/mol. The lowest BCUT2D eigenvalue weighted by molar-refractivity contribution is -0.109. The van der Waals surface area contributed by atoms with Gasteiger partial charge >= 0.3 is 6.09 Å². The molecule has 0 aliphatic carbocycles. The van der Waals surface area contributed by atoms with Crippen molar-refractivity contribution < 1.29 is 19.0 Å². The predicted octanol–water partition coefficient (Wildman–Crippen LogP) is 1.10. The van der Waals surface area contributed by atoms with E-state index in [1.807, 2.05) is 20.8 Å². The number of carbonyl (C=O) groups excluding carboxylic acids is 1. The number of hydrogen-bond acceptors (Lipinski definition) is 5. The molecule has 0 aromatic carbocycles. The number of hydrogen-bond donors (Lipinski definition) is 0. The van der Waals surface area contributed by atoms with Crippen molar-refractivity contribution in [3.05, 3.63) is 0 Å². The molecule has 0 saturated carbocycles. The summed E-state index contributed by atoms with van der Waals surface area (Å²) < 4.78 is 16.8. The van der Waals surface area contributed by atoms with Gasteiger partial charge in [-0.25, -0.2) is 4.79 Å². The summed E-state index contributed by atoms with van der Waals surface area (Å²) in [6, 6.07) is 0.467. The first-order valence-corrected chi connectivity index (χ1v) is 7.81. The SMILES string of the molecule is CC(C)(C)OC(=O)N1CC2(C[C@H](N3CCOCC3)CO2)C1. The molecule has 21 heavy (non-hydrogen) atoms. The number of morpholine rings is 1. The molecule has 0 unspecified atom stereocenters. The second-order valence-corrected chi connectivity index (χ2v) is 7.34. The van der Waals surface area contributed by atoms with Gasteiger partial charge in [-0.1, -0.05) is 0 Å². The van der Waals surface area contributed by atoms with Gasteiger partial charge < -0.3 is 19.1 Å². The Morgan fingerprint density at radius 3 is 2.52 bits per heavy atom. The van der Waals surface area contributed by atoms with Crippen LogP contribution in [0.25, 0.3) is 0 Å². The van der Waals surface area contributed by atoms with Crippen molar-refractivity contribution in [2.45, 2.75) is 44.4 Å². The number of likely N-dealkylation sites (tertiary alicyclic amines) is 1. The monoisotopic (exact) mass is 298 g/mol. The lowest BCUT2D eigenvalue weighted by Gasteiger charge is -2.47. The summed E-state index contributed by atoms with van der Waals surface area (Å²) in [5.41, 5.74) is -0.577. The van der Waals surface area contributed by atoms with E-state index in [0.29, 0.717) is 19.1 Å². The molecule has 0 N–H and O–H groups in total. The van der Waals surface area contributed by atoms with Crippen LogP contribution < -0.4 is 0 Å². The third-order valence-corrected chi connectivity index (χ3v) is 4.36. The lowest BCUT2D eigenvalue weighted by Crippen LogP contribution is -2.64. The van der Waals surface area contributed by atoms with E-state index in [0.717, 1.165) is 39.3 Å². The summed E-state index contributed by atoms with van der Waals surface area (Å²) in [5.74, 6) is 0. The molecule has 120 valence electrons. The molecule has 3 rings (SSSR count). The summed E-state index contributed by atoms with van der Waals surface area (Å²) in [7, 11) is 0. The van der Waals surface area contributed by atoms with Crippen molar-refractivity contribution in [2.24, 2.45) is 0 Å². The van der Waals surface area contributed by atoms with Crippen LogP contribution in [0.2, 0.25) is 0 Å².